The molecule has 0 bridgehead atoms. The molecule has 2 aliphatic rings. The van der Waals surface area contributed by atoms with Crippen molar-refractivity contribution in [1.82, 2.24) is 0 Å². The highest BCUT2D eigenvalue weighted by Gasteiger charge is 2.35. The predicted molar refractivity (Wildman–Crippen MR) is 176 cm³/mol. The molecule has 0 saturated heterocycles. The molecular formula is C38H42O6. The number of benzene rings is 2. The molecule has 230 valence electrons. The molecule has 0 spiro atoms. The molecule has 0 radical (unpaired) electrons. The van der Waals surface area contributed by atoms with Crippen molar-refractivity contribution in [2.45, 2.75) is 52.1 Å². The van der Waals surface area contributed by atoms with E-state index in [1.807, 2.05) is 113 Å². The van der Waals surface area contributed by atoms with Gasteiger partial charge in [-0.05, 0) is 70.6 Å². The molecular weight excluding hydrogens is 552 g/mol. The number of aliphatic hydroxyl groups is 6. The Bertz CT molecular complexity index is 1450. The van der Waals surface area contributed by atoms with Gasteiger partial charge in [-0.2, -0.15) is 0 Å². The van der Waals surface area contributed by atoms with Crippen LogP contribution in [0.15, 0.2) is 142 Å². The molecule has 0 aliphatic heterocycles. The van der Waals surface area contributed by atoms with E-state index in [9.17, 15) is 30.6 Å². The summed E-state index contributed by atoms with van der Waals surface area (Å²) < 4.78 is 0. The minimum absolute atomic E-state index is 0.126. The quantitative estimate of drug-likeness (QED) is 0.184. The molecule has 2 unspecified atom stereocenters. The Morgan fingerprint density at radius 1 is 0.568 bits per heavy atom. The van der Waals surface area contributed by atoms with Crippen molar-refractivity contribution in [2.24, 2.45) is 11.8 Å². The van der Waals surface area contributed by atoms with E-state index in [4.69, 9.17) is 0 Å². The van der Waals surface area contributed by atoms with Crippen LogP contribution in [0.5, 0.6) is 0 Å². The standard InChI is InChI=1S/C38H42O6/c1-23-15-17-29(25(3)31(23)19-27-11-7-5-8-12-27)21-33(39)35(41)37(43)38(44)36(42)34(40)22-30-18-16-24(2)32(26(30)4)20-28-13-9-6-10-14-28/h5-22,25-26,35-44H,1-4H3/t25?,26?,35-,36+,37-,38-/m1/s1. The van der Waals surface area contributed by atoms with E-state index in [2.05, 4.69) is 12.2 Å². The third-order valence-electron chi connectivity index (χ3n) is 8.37. The van der Waals surface area contributed by atoms with E-state index in [0.717, 1.165) is 33.4 Å². The van der Waals surface area contributed by atoms with Gasteiger partial charge in [-0.1, -0.05) is 111 Å². The highest BCUT2D eigenvalue weighted by molar-refractivity contribution is 5.64. The average Bonchev–Trinajstić information content (AvgIpc) is 3.03. The van der Waals surface area contributed by atoms with Gasteiger partial charge in [0.25, 0.3) is 0 Å². The van der Waals surface area contributed by atoms with Crippen LogP contribution >= 0.6 is 0 Å². The zero-order valence-electron chi connectivity index (χ0n) is 25.5. The molecule has 0 fully saturated rings. The second kappa shape index (κ2) is 14.5. The lowest BCUT2D eigenvalue weighted by Gasteiger charge is -2.28. The van der Waals surface area contributed by atoms with Crippen LogP contribution in [0.4, 0.5) is 0 Å². The summed E-state index contributed by atoms with van der Waals surface area (Å²) in [5.74, 6) is -1.40. The maximum absolute atomic E-state index is 10.7. The summed E-state index contributed by atoms with van der Waals surface area (Å²) in [6, 6.07) is 19.7. The zero-order valence-corrected chi connectivity index (χ0v) is 25.5. The van der Waals surface area contributed by atoms with Gasteiger partial charge in [0, 0.05) is 11.8 Å². The summed E-state index contributed by atoms with van der Waals surface area (Å²) in [5, 5.41) is 64.2. The first-order valence-electron chi connectivity index (χ1n) is 14.8. The summed E-state index contributed by atoms with van der Waals surface area (Å²) in [4.78, 5) is 0. The Balaban J connectivity index is 1.47. The van der Waals surface area contributed by atoms with E-state index in [-0.39, 0.29) is 11.8 Å². The Morgan fingerprint density at radius 3 is 1.25 bits per heavy atom. The normalized spacial score (nSPS) is 24.2. The van der Waals surface area contributed by atoms with Crippen molar-refractivity contribution in [3.05, 3.63) is 153 Å². The summed E-state index contributed by atoms with van der Waals surface area (Å²) >= 11 is 0. The molecule has 2 aromatic rings. The number of hydrogen-bond donors (Lipinski definition) is 6. The first-order valence-corrected chi connectivity index (χ1v) is 14.8. The van der Waals surface area contributed by atoms with Crippen LogP contribution in [0.1, 0.15) is 38.8 Å². The van der Waals surface area contributed by atoms with Crippen molar-refractivity contribution in [3.8, 4) is 0 Å². The van der Waals surface area contributed by atoms with Gasteiger partial charge in [0.2, 0.25) is 0 Å². The van der Waals surface area contributed by atoms with Crippen LogP contribution in [-0.4, -0.2) is 55.1 Å². The Labute approximate surface area is 259 Å². The predicted octanol–water partition coefficient (Wildman–Crippen LogP) is 6.53. The second-order valence-corrected chi connectivity index (χ2v) is 11.5. The molecule has 6 N–H and O–H groups in total. The highest BCUT2D eigenvalue weighted by atomic mass is 16.4. The molecule has 2 aromatic carbocycles. The lowest BCUT2D eigenvalue weighted by molar-refractivity contribution is -0.100. The van der Waals surface area contributed by atoms with Gasteiger partial charge < -0.3 is 30.6 Å². The lowest BCUT2D eigenvalue weighted by Crippen LogP contribution is -2.46. The monoisotopic (exact) mass is 594 g/mol. The van der Waals surface area contributed by atoms with Gasteiger partial charge in [-0.25, -0.2) is 0 Å². The molecule has 4 rings (SSSR count). The fraction of sp³-hybridized carbons (Fsp3) is 0.263. The van der Waals surface area contributed by atoms with Crippen molar-refractivity contribution < 1.29 is 30.6 Å². The van der Waals surface area contributed by atoms with Gasteiger partial charge in [-0.3, -0.25) is 0 Å². The van der Waals surface area contributed by atoms with Crippen LogP contribution in [0.3, 0.4) is 0 Å². The van der Waals surface area contributed by atoms with E-state index in [1.165, 1.54) is 12.2 Å². The maximum Gasteiger partial charge on any atom is 0.139 e. The van der Waals surface area contributed by atoms with Gasteiger partial charge in [0.1, 0.15) is 35.9 Å². The largest absolute Gasteiger partial charge is 0.509 e. The fourth-order valence-electron chi connectivity index (χ4n) is 5.48. The van der Waals surface area contributed by atoms with Crippen molar-refractivity contribution >= 4 is 12.2 Å². The van der Waals surface area contributed by atoms with Crippen LogP contribution in [0, 0.1) is 11.8 Å². The number of rotatable bonds is 9. The highest BCUT2D eigenvalue weighted by Crippen LogP contribution is 2.35. The topological polar surface area (TPSA) is 121 Å². The maximum atomic E-state index is 10.7. The third-order valence-corrected chi connectivity index (χ3v) is 8.37. The summed E-state index contributed by atoms with van der Waals surface area (Å²) in [6.07, 6.45) is 6.54. The summed E-state index contributed by atoms with van der Waals surface area (Å²) in [5.41, 5.74) is 7.66. The van der Waals surface area contributed by atoms with E-state index in [1.54, 1.807) is 0 Å². The number of hydrogen-bond acceptors (Lipinski definition) is 6. The molecule has 0 aromatic heterocycles. The fourth-order valence-corrected chi connectivity index (χ4v) is 5.48. The van der Waals surface area contributed by atoms with Crippen LogP contribution in [0.2, 0.25) is 0 Å². The SMILES string of the molecule is CC1=CC=C(C=C(O)[C@@H](O)[C@@H](O)[C@H](O)[C@@H](O)C(O)=CC2=CC=C(C)C(=Cc3ccccc3)C2C)C(C)C1=Cc1ccccc1. The minimum Gasteiger partial charge on any atom is -0.509 e. The van der Waals surface area contributed by atoms with Gasteiger partial charge >= 0.3 is 0 Å². The third kappa shape index (κ3) is 7.65. The van der Waals surface area contributed by atoms with Crippen molar-refractivity contribution in [3.63, 3.8) is 0 Å². The summed E-state index contributed by atoms with van der Waals surface area (Å²) in [6.45, 7) is 7.95. The van der Waals surface area contributed by atoms with Gasteiger partial charge in [0.15, 0.2) is 0 Å². The Kier molecular flexibility index (Phi) is 10.8. The smallest absolute Gasteiger partial charge is 0.139 e. The minimum atomic E-state index is -1.98. The molecule has 44 heavy (non-hydrogen) atoms. The average molecular weight is 595 g/mol. The lowest BCUT2D eigenvalue weighted by atomic mass is 9.82. The first-order chi connectivity index (χ1) is 21.0. The van der Waals surface area contributed by atoms with Crippen molar-refractivity contribution in [2.75, 3.05) is 0 Å². The molecule has 0 amide bonds. The number of allylic oxidation sites excluding steroid dienone is 12. The summed E-state index contributed by atoms with van der Waals surface area (Å²) in [7, 11) is 0. The first kappa shape index (κ1) is 32.7. The molecule has 2 aliphatic carbocycles. The molecule has 0 heterocycles. The van der Waals surface area contributed by atoms with Crippen LogP contribution in [-0.2, 0) is 0 Å². The van der Waals surface area contributed by atoms with Crippen LogP contribution in [0.25, 0.3) is 12.2 Å². The van der Waals surface area contributed by atoms with Crippen molar-refractivity contribution in [1.29, 1.82) is 0 Å². The van der Waals surface area contributed by atoms with Gasteiger partial charge in [-0.15, -0.1) is 0 Å². The molecule has 6 nitrogen and oxygen atoms in total. The van der Waals surface area contributed by atoms with Gasteiger partial charge in [0.05, 0.1) is 0 Å². The second-order valence-electron chi connectivity index (χ2n) is 11.5. The molecule has 0 saturated carbocycles. The number of aliphatic hydroxyl groups excluding tert-OH is 6. The van der Waals surface area contributed by atoms with Crippen LogP contribution < -0.4 is 0 Å². The van der Waals surface area contributed by atoms with E-state index < -0.39 is 35.9 Å². The molecule has 6 atom stereocenters. The molecule has 6 heteroatoms. The van der Waals surface area contributed by atoms with E-state index in [0.29, 0.717) is 11.1 Å². The Morgan fingerprint density at radius 2 is 0.909 bits per heavy atom. The zero-order chi connectivity index (χ0) is 32.0. The van der Waals surface area contributed by atoms with E-state index >= 15 is 0 Å². The Hall–Kier alpha value is -4.20.